The molecule has 0 spiro atoms. The van der Waals surface area contributed by atoms with E-state index in [0.29, 0.717) is 0 Å². The van der Waals surface area contributed by atoms with E-state index in [2.05, 4.69) is 0 Å². The molecule has 9 nitrogen and oxygen atoms in total. The minimum absolute atomic E-state index is 0. The maximum absolute atomic E-state index is 8.58. The van der Waals surface area contributed by atoms with Crippen LogP contribution in [0, 0.1) is 83.5 Å². The summed E-state index contributed by atoms with van der Waals surface area (Å²) >= 11 is -12.2. The van der Waals surface area contributed by atoms with E-state index in [1.807, 2.05) is 0 Å². The normalized spacial score (nSPS) is 5.57. The van der Waals surface area contributed by atoms with Gasteiger partial charge in [-0.05, 0) is 0 Å². The van der Waals surface area contributed by atoms with Crippen LogP contribution in [-0.2, 0) is 65.8 Å². The van der Waals surface area contributed by atoms with Gasteiger partial charge in [0.1, 0.15) is 0 Å². The molecule has 0 rings (SSSR count). The summed E-state index contributed by atoms with van der Waals surface area (Å²) in [6.07, 6.45) is 0. The summed E-state index contributed by atoms with van der Waals surface area (Å²) < 4.78 is 77.2. The van der Waals surface area contributed by atoms with Gasteiger partial charge in [0.15, 0.2) is 0 Å². The van der Waals surface area contributed by atoms with Crippen LogP contribution in [0.1, 0.15) is 0 Å². The van der Waals surface area contributed by atoms with Gasteiger partial charge in [-0.25, -0.2) is 0 Å². The monoisotopic (exact) mass is 568 g/mol. The molecule has 74 valence electrons. The SMILES string of the molecule is [Ce+3].[Ce+3].[O]=[Ti]([O-])[O-].[O]=[Ti]([O-])[O-].[O]=[Ti]([O-])[O-]. The van der Waals surface area contributed by atoms with Crippen molar-refractivity contribution >= 4 is 0 Å². The molecule has 14 heavy (non-hydrogen) atoms. The first-order valence-corrected chi connectivity index (χ1v) is 7.57. The average Bonchev–Trinajstić information content (AvgIpc) is 1.54. The summed E-state index contributed by atoms with van der Waals surface area (Å²) in [5.74, 6) is 0. The fourth-order valence-corrected chi connectivity index (χ4v) is 0. The van der Waals surface area contributed by atoms with E-state index >= 15 is 0 Å². The third-order valence-corrected chi connectivity index (χ3v) is 0. The number of hydrogen-bond acceptors (Lipinski definition) is 9. The zero-order valence-corrected chi connectivity index (χ0v) is 17.1. The van der Waals surface area contributed by atoms with Crippen LogP contribution in [-0.4, -0.2) is 0 Å². The van der Waals surface area contributed by atoms with Crippen LogP contribution in [0.15, 0.2) is 0 Å². The Bertz CT molecular complexity index is 116. The molecule has 0 amide bonds. The Kier molecular flexibility index (Phi) is 56.8. The van der Waals surface area contributed by atoms with Gasteiger partial charge in [0.05, 0.1) is 0 Å². The van der Waals surface area contributed by atoms with E-state index in [1.165, 1.54) is 0 Å². The maximum atomic E-state index is 8.58. The van der Waals surface area contributed by atoms with Crippen molar-refractivity contribution in [3.63, 3.8) is 0 Å². The van der Waals surface area contributed by atoms with Crippen molar-refractivity contribution in [3.05, 3.63) is 0 Å². The molecule has 0 aromatic heterocycles. The van der Waals surface area contributed by atoms with Gasteiger partial charge < -0.3 is 0 Å². The summed E-state index contributed by atoms with van der Waals surface area (Å²) in [6.45, 7) is 0. The molecule has 0 unspecified atom stereocenters. The van der Waals surface area contributed by atoms with Crippen LogP contribution in [0.2, 0.25) is 0 Å². The van der Waals surface area contributed by atoms with E-state index in [-0.39, 0.29) is 83.5 Å². The molecule has 0 heterocycles. The first kappa shape index (κ1) is 30.8. The van der Waals surface area contributed by atoms with Crippen LogP contribution < -0.4 is 22.1 Å². The summed E-state index contributed by atoms with van der Waals surface area (Å²) in [7, 11) is 0. The molecular formula is Ce2O9Ti3. The third-order valence-electron chi connectivity index (χ3n) is 0. The Balaban J connectivity index is -0.0000000270. The van der Waals surface area contributed by atoms with Gasteiger partial charge in [-0.1, -0.05) is 0 Å². The van der Waals surface area contributed by atoms with E-state index < -0.39 is 55.8 Å². The molecule has 2 radical (unpaired) electrons. The van der Waals surface area contributed by atoms with Gasteiger partial charge in [-0.2, -0.15) is 0 Å². The van der Waals surface area contributed by atoms with Gasteiger partial charge in [-0.15, -0.1) is 0 Å². The Hall–Kier alpha value is 4.06. The molecule has 0 aliphatic heterocycles. The molecule has 0 saturated carbocycles. The molecule has 0 fully saturated rings. The molecule has 0 bridgehead atoms. The first-order chi connectivity index (χ1) is 5.20. The second-order valence-electron chi connectivity index (χ2n) is 0.750. The Labute approximate surface area is 167 Å². The van der Waals surface area contributed by atoms with Crippen molar-refractivity contribution in [2.24, 2.45) is 0 Å². The molecule has 0 aliphatic carbocycles. The fourth-order valence-electron chi connectivity index (χ4n) is 0. The van der Waals surface area contributed by atoms with Crippen molar-refractivity contribution in [1.82, 2.24) is 0 Å². The fraction of sp³-hybridized carbons (Fsp3) is 0. The molecule has 0 aromatic carbocycles. The second kappa shape index (κ2) is 25.8. The summed E-state index contributed by atoms with van der Waals surface area (Å²) in [4.78, 5) is 0. The molecular weight excluding hydrogens is 568 g/mol. The molecule has 0 N–H and O–H groups in total. The van der Waals surface area contributed by atoms with Gasteiger partial charge in [0.2, 0.25) is 0 Å². The molecule has 14 heteroatoms. The number of rotatable bonds is 0. The van der Waals surface area contributed by atoms with Gasteiger partial charge in [0.25, 0.3) is 0 Å². The minimum atomic E-state index is -4.08. The zero-order chi connectivity index (χ0) is 10.7. The quantitative estimate of drug-likeness (QED) is 0.256. The van der Waals surface area contributed by atoms with Crippen molar-refractivity contribution in [2.45, 2.75) is 0 Å². The van der Waals surface area contributed by atoms with Gasteiger partial charge >= 0.3 is 171 Å². The van der Waals surface area contributed by atoms with E-state index in [4.69, 9.17) is 32.1 Å². The topological polar surface area (TPSA) is 190 Å². The standard InChI is InChI=1S/2Ce.9O.3Ti/q2*+3;;;;6*-1;;;. The van der Waals surface area contributed by atoms with Crippen molar-refractivity contribution in [3.8, 4) is 0 Å². The summed E-state index contributed by atoms with van der Waals surface area (Å²) in [5.41, 5.74) is 0. The summed E-state index contributed by atoms with van der Waals surface area (Å²) in [6, 6.07) is 0. The molecule has 0 atom stereocenters. The van der Waals surface area contributed by atoms with Crippen LogP contribution in [0.5, 0.6) is 0 Å². The third kappa shape index (κ3) is 221. The van der Waals surface area contributed by atoms with Gasteiger partial charge in [-0.3, -0.25) is 0 Å². The van der Waals surface area contributed by atoms with Crippen LogP contribution >= 0.6 is 0 Å². The van der Waals surface area contributed by atoms with Crippen LogP contribution in [0.4, 0.5) is 0 Å². The molecule has 0 aromatic rings. The first-order valence-electron chi connectivity index (χ1n) is 1.84. The second-order valence-corrected chi connectivity index (χ2v) is 3.09. The van der Waals surface area contributed by atoms with E-state index in [0.717, 1.165) is 0 Å². The van der Waals surface area contributed by atoms with Crippen LogP contribution in [0.25, 0.3) is 0 Å². The van der Waals surface area contributed by atoms with Gasteiger partial charge in [0, 0.05) is 0 Å². The average molecular weight is 568 g/mol. The predicted molar refractivity (Wildman–Crippen MR) is 2.06 cm³/mol. The Morgan fingerprint density at radius 2 is 0.500 bits per heavy atom. The predicted octanol–water partition coefficient (Wildman–Crippen LogP) is -7.50. The number of hydrogen-bond donors (Lipinski definition) is 0. The Morgan fingerprint density at radius 3 is 0.500 bits per heavy atom. The van der Waals surface area contributed by atoms with Crippen molar-refractivity contribution < 1.29 is 171 Å². The zero-order valence-electron chi connectivity index (χ0n) is 6.17. The summed E-state index contributed by atoms with van der Waals surface area (Å²) in [5, 5.41) is 0. The van der Waals surface area contributed by atoms with Crippen LogP contribution in [0.3, 0.4) is 0 Å². The van der Waals surface area contributed by atoms with Crippen molar-refractivity contribution in [2.75, 3.05) is 0 Å². The molecule has 0 saturated heterocycles. The van der Waals surface area contributed by atoms with Crippen molar-refractivity contribution in [1.29, 1.82) is 0 Å². The van der Waals surface area contributed by atoms with E-state index in [9.17, 15) is 0 Å². The molecule has 0 aliphatic rings. The Morgan fingerprint density at radius 1 is 0.500 bits per heavy atom. The van der Waals surface area contributed by atoms with E-state index in [1.54, 1.807) is 0 Å².